The quantitative estimate of drug-likeness (QED) is 0.784. The predicted octanol–water partition coefficient (Wildman–Crippen LogP) is 3.50. The van der Waals surface area contributed by atoms with Gasteiger partial charge in [-0.15, -0.1) is 11.3 Å². The van der Waals surface area contributed by atoms with Crippen LogP contribution in [-0.4, -0.2) is 21.0 Å². The van der Waals surface area contributed by atoms with Gasteiger partial charge in [0, 0.05) is 17.0 Å². The van der Waals surface area contributed by atoms with Gasteiger partial charge < -0.3 is 5.11 Å². The van der Waals surface area contributed by atoms with Crippen molar-refractivity contribution in [3.8, 4) is 10.7 Å². The molecule has 0 bridgehead atoms. The third-order valence-electron chi connectivity index (χ3n) is 2.89. The van der Waals surface area contributed by atoms with E-state index in [1.54, 1.807) is 24.6 Å². The van der Waals surface area contributed by atoms with Crippen LogP contribution in [0.2, 0.25) is 0 Å². The predicted molar refractivity (Wildman–Crippen MR) is 74.5 cm³/mol. The number of fused-ring (bicyclic) bond motifs is 1. The standard InChI is InChI=1S/C14H9FN2O2S/c1-7-4-8-9(14(18)19)6-11(13-16-2-3-20-13)17-12(8)10(15)5-7/h2-6H,1H3,(H,18,19). The van der Waals surface area contributed by atoms with Crippen molar-refractivity contribution in [3.05, 3.63) is 46.7 Å². The van der Waals surface area contributed by atoms with Crippen LogP contribution >= 0.6 is 11.3 Å². The summed E-state index contributed by atoms with van der Waals surface area (Å²) in [5.74, 6) is -1.64. The molecule has 0 aliphatic carbocycles. The smallest absolute Gasteiger partial charge is 0.336 e. The van der Waals surface area contributed by atoms with Crippen molar-refractivity contribution in [1.29, 1.82) is 0 Å². The van der Waals surface area contributed by atoms with Crippen LogP contribution in [0.5, 0.6) is 0 Å². The SMILES string of the molecule is Cc1cc(F)c2nc(-c3nccs3)cc(C(=O)O)c2c1. The number of aromatic carboxylic acids is 1. The molecular weight excluding hydrogens is 279 g/mol. The zero-order chi connectivity index (χ0) is 14.3. The minimum atomic E-state index is -1.11. The maximum Gasteiger partial charge on any atom is 0.336 e. The molecule has 3 aromatic rings. The number of carboxylic acid groups (broad SMARTS) is 1. The summed E-state index contributed by atoms with van der Waals surface area (Å²) in [4.78, 5) is 19.7. The summed E-state index contributed by atoms with van der Waals surface area (Å²) in [5.41, 5.74) is 1.11. The number of halogens is 1. The Morgan fingerprint density at radius 3 is 2.80 bits per heavy atom. The lowest BCUT2D eigenvalue weighted by molar-refractivity contribution is 0.0699. The van der Waals surface area contributed by atoms with Crippen LogP contribution in [0.4, 0.5) is 4.39 Å². The molecule has 3 rings (SSSR count). The Labute approximate surface area is 117 Å². The summed E-state index contributed by atoms with van der Waals surface area (Å²) in [6.45, 7) is 1.71. The van der Waals surface area contributed by atoms with Crippen molar-refractivity contribution in [2.24, 2.45) is 0 Å². The molecule has 0 unspecified atom stereocenters. The van der Waals surface area contributed by atoms with Gasteiger partial charge in [0.2, 0.25) is 0 Å². The molecule has 0 aliphatic heterocycles. The van der Waals surface area contributed by atoms with Gasteiger partial charge in [-0.3, -0.25) is 0 Å². The van der Waals surface area contributed by atoms with Gasteiger partial charge in [0.1, 0.15) is 22.0 Å². The largest absolute Gasteiger partial charge is 0.478 e. The molecule has 2 aromatic heterocycles. The highest BCUT2D eigenvalue weighted by atomic mass is 32.1. The number of carbonyl (C=O) groups is 1. The Balaban J connectivity index is 2.40. The number of benzene rings is 1. The zero-order valence-electron chi connectivity index (χ0n) is 10.4. The topological polar surface area (TPSA) is 63.1 Å². The monoisotopic (exact) mass is 288 g/mol. The molecule has 1 N–H and O–H groups in total. The van der Waals surface area contributed by atoms with E-state index in [1.165, 1.54) is 23.5 Å². The summed E-state index contributed by atoms with van der Waals surface area (Å²) in [5, 5.41) is 11.9. The van der Waals surface area contributed by atoms with Crippen molar-refractivity contribution < 1.29 is 14.3 Å². The molecule has 0 saturated heterocycles. The molecule has 0 amide bonds. The lowest BCUT2D eigenvalue weighted by atomic mass is 10.0. The second-order valence-electron chi connectivity index (χ2n) is 4.34. The van der Waals surface area contributed by atoms with E-state index in [2.05, 4.69) is 9.97 Å². The summed E-state index contributed by atoms with van der Waals surface area (Å²) in [6, 6.07) is 4.40. The fourth-order valence-electron chi connectivity index (χ4n) is 2.06. The zero-order valence-corrected chi connectivity index (χ0v) is 11.2. The minimum absolute atomic E-state index is 0.0304. The van der Waals surface area contributed by atoms with Crippen LogP contribution < -0.4 is 0 Å². The molecule has 0 atom stereocenters. The third kappa shape index (κ3) is 2.04. The minimum Gasteiger partial charge on any atom is -0.478 e. The Kier molecular flexibility index (Phi) is 2.94. The molecule has 2 heterocycles. The summed E-state index contributed by atoms with van der Waals surface area (Å²) in [6.07, 6.45) is 1.60. The molecule has 0 fully saturated rings. The molecule has 6 heteroatoms. The molecular formula is C14H9FN2O2S. The first-order valence-corrected chi connectivity index (χ1v) is 6.68. The first-order valence-electron chi connectivity index (χ1n) is 5.80. The van der Waals surface area contributed by atoms with E-state index in [9.17, 15) is 14.3 Å². The number of nitrogens with zero attached hydrogens (tertiary/aromatic N) is 2. The van der Waals surface area contributed by atoms with Crippen LogP contribution in [-0.2, 0) is 0 Å². The van der Waals surface area contributed by atoms with Crippen molar-refractivity contribution >= 4 is 28.2 Å². The number of aryl methyl sites for hydroxylation is 1. The molecule has 100 valence electrons. The molecule has 0 aliphatic rings. The summed E-state index contributed by atoms with van der Waals surface area (Å²) >= 11 is 1.33. The van der Waals surface area contributed by atoms with Crippen LogP contribution in [0.1, 0.15) is 15.9 Å². The van der Waals surface area contributed by atoms with E-state index in [-0.39, 0.29) is 11.1 Å². The van der Waals surface area contributed by atoms with Crippen LogP contribution in [0.25, 0.3) is 21.6 Å². The van der Waals surface area contributed by atoms with Crippen molar-refractivity contribution in [3.63, 3.8) is 0 Å². The fraction of sp³-hybridized carbons (Fsp3) is 0.0714. The number of thiazole rings is 1. The number of hydrogen-bond donors (Lipinski definition) is 1. The molecule has 0 saturated carbocycles. The van der Waals surface area contributed by atoms with Gasteiger partial charge in [0.25, 0.3) is 0 Å². The second-order valence-corrected chi connectivity index (χ2v) is 5.23. The fourth-order valence-corrected chi connectivity index (χ4v) is 2.65. The summed E-state index contributed by atoms with van der Waals surface area (Å²) < 4.78 is 14.0. The maximum atomic E-state index is 14.0. The highest BCUT2D eigenvalue weighted by Crippen LogP contribution is 2.28. The van der Waals surface area contributed by atoms with E-state index >= 15 is 0 Å². The molecule has 0 radical (unpaired) electrons. The lowest BCUT2D eigenvalue weighted by Crippen LogP contribution is -2.02. The number of aromatic nitrogens is 2. The first kappa shape index (κ1) is 12.7. The number of hydrogen-bond acceptors (Lipinski definition) is 4. The third-order valence-corrected chi connectivity index (χ3v) is 3.69. The number of carboxylic acids is 1. The Morgan fingerprint density at radius 1 is 1.35 bits per heavy atom. The van der Waals surface area contributed by atoms with E-state index in [4.69, 9.17) is 0 Å². The van der Waals surface area contributed by atoms with Gasteiger partial charge in [-0.25, -0.2) is 19.2 Å². The summed E-state index contributed by atoms with van der Waals surface area (Å²) in [7, 11) is 0. The van der Waals surface area contributed by atoms with E-state index in [0.29, 0.717) is 21.7 Å². The van der Waals surface area contributed by atoms with E-state index in [1.807, 2.05) is 0 Å². The van der Waals surface area contributed by atoms with E-state index < -0.39 is 11.8 Å². The normalized spacial score (nSPS) is 10.9. The van der Waals surface area contributed by atoms with Gasteiger partial charge in [-0.05, 0) is 30.7 Å². The van der Waals surface area contributed by atoms with Crippen molar-refractivity contribution in [2.45, 2.75) is 6.92 Å². The van der Waals surface area contributed by atoms with Gasteiger partial charge in [-0.1, -0.05) is 0 Å². The van der Waals surface area contributed by atoms with E-state index in [0.717, 1.165) is 0 Å². The Bertz CT molecular complexity index is 816. The molecule has 4 nitrogen and oxygen atoms in total. The van der Waals surface area contributed by atoms with Crippen LogP contribution in [0.15, 0.2) is 29.8 Å². The van der Waals surface area contributed by atoms with Crippen LogP contribution in [0.3, 0.4) is 0 Å². The first-order chi connectivity index (χ1) is 9.56. The van der Waals surface area contributed by atoms with Gasteiger partial charge in [0.05, 0.1) is 5.56 Å². The molecule has 1 aromatic carbocycles. The van der Waals surface area contributed by atoms with Gasteiger partial charge in [-0.2, -0.15) is 0 Å². The van der Waals surface area contributed by atoms with Gasteiger partial charge >= 0.3 is 5.97 Å². The van der Waals surface area contributed by atoms with Gasteiger partial charge in [0.15, 0.2) is 0 Å². The Hall–Kier alpha value is -2.34. The highest BCUT2D eigenvalue weighted by Gasteiger charge is 2.16. The average molecular weight is 288 g/mol. The van der Waals surface area contributed by atoms with Crippen molar-refractivity contribution in [2.75, 3.05) is 0 Å². The highest BCUT2D eigenvalue weighted by molar-refractivity contribution is 7.13. The Morgan fingerprint density at radius 2 is 2.15 bits per heavy atom. The van der Waals surface area contributed by atoms with Crippen molar-refractivity contribution in [1.82, 2.24) is 9.97 Å². The lowest BCUT2D eigenvalue weighted by Gasteiger charge is -2.07. The van der Waals surface area contributed by atoms with Crippen LogP contribution in [0, 0.1) is 12.7 Å². The molecule has 0 spiro atoms. The number of rotatable bonds is 2. The average Bonchev–Trinajstić information content (AvgIpc) is 2.91. The number of pyridine rings is 1. The maximum absolute atomic E-state index is 14.0. The second kappa shape index (κ2) is 4.64. The molecule has 20 heavy (non-hydrogen) atoms.